The van der Waals surface area contributed by atoms with Crippen LogP contribution in [-0.2, 0) is 5.41 Å². The zero-order valence-electron chi connectivity index (χ0n) is 33.4. The Bertz CT molecular complexity index is 3210. The monoisotopic (exact) mass is 777 g/mol. The first-order valence-electron chi connectivity index (χ1n) is 21.0. The number of fused-ring (bicyclic) bond motifs is 5. The second kappa shape index (κ2) is 14.1. The Labute approximate surface area is 356 Å². The molecule has 0 fully saturated rings. The summed E-state index contributed by atoms with van der Waals surface area (Å²) in [6.07, 6.45) is 0. The molecule has 0 spiro atoms. The number of rotatable bonds is 7. The van der Waals surface area contributed by atoms with E-state index in [2.05, 4.69) is 229 Å². The zero-order valence-corrected chi connectivity index (χ0v) is 33.4. The van der Waals surface area contributed by atoms with Crippen molar-refractivity contribution in [2.24, 2.45) is 0 Å². The van der Waals surface area contributed by atoms with Crippen LogP contribution in [0.25, 0.3) is 55.3 Å². The van der Waals surface area contributed by atoms with Crippen molar-refractivity contribution in [2.75, 3.05) is 4.90 Å². The molecule has 286 valence electrons. The van der Waals surface area contributed by atoms with E-state index in [4.69, 9.17) is 4.74 Å². The fraction of sp³-hybridized carbons (Fsp3) is 0.0169. The van der Waals surface area contributed by atoms with Gasteiger partial charge in [-0.15, -0.1) is 0 Å². The largest absolute Gasteiger partial charge is 0.456 e. The number of ether oxygens (including phenoxy) is 1. The Morgan fingerprint density at radius 2 is 0.820 bits per heavy atom. The predicted octanol–water partition coefficient (Wildman–Crippen LogP) is 15.8. The molecule has 0 atom stereocenters. The van der Waals surface area contributed by atoms with Crippen LogP contribution in [0.3, 0.4) is 0 Å². The van der Waals surface area contributed by atoms with Gasteiger partial charge in [-0.2, -0.15) is 0 Å². The van der Waals surface area contributed by atoms with Gasteiger partial charge in [0.1, 0.15) is 11.5 Å². The molecule has 0 saturated carbocycles. The van der Waals surface area contributed by atoms with E-state index in [1.54, 1.807) is 0 Å². The van der Waals surface area contributed by atoms with Crippen LogP contribution in [0.5, 0.6) is 11.5 Å². The molecule has 0 amide bonds. The molecular weight excluding hydrogens is 739 g/mol. The summed E-state index contributed by atoms with van der Waals surface area (Å²) in [5.74, 6) is 1.80. The number of para-hydroxylation sites is 1. The fourth-order valence-electron chi connectivity index (χ4n) is 10.1. The molecule has 0 bridgehead atoms. The van der Waals surface area contributed by atoms with Gasteiger partial charge in [-0.3, -0.25) is 0 Å². The van der Waals surface area contributed by atoms with E-state index < -0.39 is 5.41 Å². The molecular formula is C59H39NO. The molecule has 12 rings (SSSR count). The smallest absolute Gasteiger partial charge is 0.135 e. The van der Waals surface area contributed by atoms with Crippen molar-refractivity contribution in [1.29, 1.82) is 0 Å². The van der Waals surface area contributed by atoms with Gasteiger partial charge in [-0.1, -0.05) is 188 Å². The number of nitrogens with zero attached hydrogens (tertiary/aromatic N) is 1. The third kappa shape index (κ3) is 5.50. The van der Waals surface area contributed by atoms with E-state index in [1.807, 2.05) is 12.1 Å². The minimum Gasteiger partial charge on any atom is -0.456 e. The molecule has 10 aromatic rings. The van der Waals surface area contributed by atoms with Crippen molar-refractivity contribution in [1.82, 2.24) is 0 Å². The fourth-order valence-corrected chi connectivity index (χ4v) is 10.1. The molecule has 2 nitrogen and oxygen atoms in total. The maximum atomic E-state index is 6.44. The molecule has 2 aliphatic rings. The highest BCUT2D eigenvalue weighted by atomic mass is 16.5. The van der Waals surface area contributed by atoms with Crippen molar-refractivity contribution in [2.45, 2.75) is 5.41 Å². The van der Waals surface area contributed by atoms with Crippen molar-refractivity contribution < 1.29 is 4.74 Å². The number of hydrogen-bond acceptors (Lipinski definition) is 2. The first-order chi connectivity index (χ1) is 30.3. The lowest BCUT2D eigenvalue weighted by atomic mass is 9.67. The number of anilines is 3. The van der Waals surface area contributed by atoms with Gasteiger partial charge in [0.25, 0.3) is 0 Å². The lowest BCUT2D eigenvalue weighted by Gasteiger charge is -2.35. The van der Waals surface area contributed by atoms with E-state index in [-0.39, 0.29) is 0 Å². The SMILES string of the molecule is c1ccc(-c2ccc(N(c3ccc(-c4ccc5c6c(cccc46)Oc4ccccc4-5)cc3)c3ccc4c(c3)C(c3ccccc3)(c3ccccc3)c3ccccc3-4)cc2)cc1. The molecule has 10 aromatic carbocycles. The van der Waals surface area contributed by atoms with Crippen LogP contribution in [0.2, 0.25) is 0 Å². The lowest BCUT2D eigenvalue weighted by Crippen LogP contribution is -2.28. The molecule has 0 unspecified atom stereocenters. The third-order valence-corrected chi connectivity index (χ3v) is 12.8. The van der Waals surface area contributed by atoms with E-state index in [0.29, 0.717) is 0 Å². The van der Waals surface area contributed by atoms with Crippen LogP contribution >= 0.6 is 0 Å². The molecule has 2 heteroatoms. The summed E-state index contributed by atoms with van der Waals surface area (Å²) in [4.78, 5) is 2.41. The summed E-state index contributed by atoms with van der Waals surface area (Å²) < 4.78 is 6.44. The number of benzene rings is 10. The number of hydrogen-bond donors (Lipinski definition) is 0. The summed E-state index contributed by atoms with van der Waals surface area (Å²) in [5.41, 5.74) is 17.4. The first-order valence-corrected chi connectivity index (χ1v) is 21.0. The molecule has 61 heavy (non-hydrogen) atoms. The van der Waals surface area contributed by atoms with E-state index >= 15 is 0 Å². The van der Waals surface area contributed by atoms with Crippen LogP contribution in [0.1, 0.15) is 22.3 Å². The van der Waals surface area contributed by atoms with Crippen LogP contribution < -0.4 is 9.64 Å². The molecule has 1 aliphatic carbocycles. The quantitative estimate of drug-likeness (QED) is 0.160. The average Bonchev–Trinajstić information content (AvgIpc) is 3.63. The second-order valence-electron chi connectivity index (χ2n) is 16.0. The van der Waals surface area contributed by atoms with Crippen molar-refractivity contribution in [3.05, 3.63) is 259 Å². The van der Waals surface area contributed by atoms with Crippen molar-refractivity contribution in [3.8, 4) is 56.0 Å². The van der Waals surface area contributed by atoms with Crippen molar-refractivity contribution >= 4 is 27.8 Å². The van der Waals surface area contributed by atoms with Crippen LogP contribution in [0.15, 0.2) is 237 Å². The Hall–Kier alpha value is -7.94. The molecule has 0 N–H and O–H groups in total. The van der Waals surface area contributed by atoms with Gasteiger partial charge in [0.15, 0.2) is 0 Å². The van der Waals surface area contributed by atoms with Crippen LogP contribution in [0, 0.1) is 0 Å². The average molecular weight is 778 g/mol. The lowest BCUT2D eigenvalue weighted by molar-refractivity contribution is 0.487. The van der Waals surface area contributed by atoms with Gasteiger partial charge in [-0.25, -0.2) is 0 Å². The summed E-state index contributed by atoms with van der Waals surface area (Å²) in [7, 11) is 0. The summed E-state index contributed by atoms with van der Waals surface area (Å²) >= 11 is 0. The van der Waals surface area contributed by atoms with Crippen molar-refractivity contribution in [3.63, 3.8) is 0 Å². The highest BCUT2D eigenvalue weighted by molar-refractivity contribution is 6.10. The van der Waals surface area contributed by atoms with Gasteiger partial charge in [0.05, 0.1) is 5.41 Å². The molecule has 1 aliphatic heterocycles. The normalized spacial score (nSPS) is 12.9. The highest BCUT2D eigenvalue weighted by Crippen LogP contribution is 2.57. The van der Waals surface area contributed by atoms with Gasteiger partial charge >= 0.3 is 0 Å². The third-order valence-electron chi connectivity index (χ3n) is 12.8. The summed E-state index contributed by atoms with van der Waals surface area (Å²) in [5, 5.41) is 2.34. The van der Waals surface area contributed by atoms with E-state index in [0.717, 1.165) is 45.1 Å². The molecule has 0 saturated heterocycles. The molecule has 1 heterocycles. The summed E-state index contributed by atoms with van der Waals surface area (Å²) in [6.45, 7) is 0. The standard InChI is InChI=1S/C59H39NO/c1-4-15-40(16-5-1)41-27-31-45(32-28-41)60(46-33-29-42(30-34-46)48-37-38-53-51-22-11-13-25-56(51)61-57-26-14-23-52(48)58(53)57)47-35-36-50-49-21-10-12-24-54(49)59(55(50)39-47,43-17-6-2-7-18-43)44-19-8-3-9-20-44/h1-39H. The Kier molecular flexibility index (Phi) is 8.11. The topological polar surface area (TPSA) is 12.5 Å². The Morgan fingerprint density at radius 3 is 1.52 bits per heavy atom. The molecule has 0 aromatic heterocycles. The van der Waals surface area contributed by atoms with Gasteiger partial charge in [0.2, 0.25) is 0 Å². The predicted molar refractivity (Wildman–Crippen MR) is 252 cm³/mol. The minimum atomic E-state index is -0.504. The summed E-state index contributed by atoms with van der Waals surface area (Å²) in [6, 6.07) is 86.0. The van der Waals surface area contributed by atoms with E-state index in [9.17, 15) is 0 Å². The van der Waals surface area contributed by atoms with Gasteiger partial charge < -0.3 is 9.64 Å². The van der Waals surface area contributed by atoms with E-state index in [1.165, 1.54) is 61.0 Å². The maximum absolute atomic E-state index is 6.44. The van der Waals surface area contributed by atoms with Gasteiger partial charge in [0, 0.05) is 28.0 Å². The highest BCUT2D eigenvalue weighted by Gasteiger charge is 2.46. The Morgan fingerprint density at radius 1 is 0.311 bits per heavy atom. The maximum Gasteiger partial charge on any atom is 0.135 e. The van der Waals surface area contributed by atoms with Crippen LogP contribution in [-0.4, -0.2) is 0 Å². The van der Waals surface area contributed by atoms with Crippen LogP contribution in [0.4, 0.5) is 17.1 Å². The van der Waals surface area contributed by atoms with Gasteiger partial charge in [-0.05, 0) is 115 Å². The zero-order chi connectivity index (χ0) is 40.3. The second-order valence-corrected chi connectivity index (χ2v) is 16.0. The molecule has 0 radical (unpaired) electrons. The Balaban J connectivity index is 1.03. The first kappa shape index (κ1) is 35.0. The minimum absolute atomic E-state index is 0.504.